The lowest BCUT2D eigenvalue weighted by atomic mass is 9.93. The van der Waals surface area contributed by atoms with Crippen molar-refractivity contribution in [2.24, 2.45) is 0 Å². The van der Waals surface area contributed by atoms with E-state index in [9.17, 15) is 9.59 Å². The number of fused-ring (bicyclic) bond motifs is 2. The van der Waals surface area contributed by atoms with Crippen molar-refractivity contribution in [3.8, 4) is 11.3 Å². The lowest BCUT2D eigenvalue weighted by Crippen LogP contribution is -2.36. The molecule has 0 aliphatic carbocycles. The number of hydrogen-bond acceptors (Lipinski definition) is 3. The number of amides is 2. The quantitative estimate of drug-likeness (QED) is 0.369. The van der Waals surface area contributed by atoms with E-state index < -0.39 is 6.04 Å². The number of nitrogens with zero attached hydrogens (tertiary/aromatic N) is 2. The molecule has 0 saturated heterocycles. The zero-order valence-corrected chi connectivity index (χ0v) is 18.8. The fraction of sp³-hybridized carbons (Fsp3) is 0.0690. The first kappa shape index (κ1) is 20.9. The van der Waals surface area contributed by atoms with E-state index in [-0.39, 0.29) is 18.4 Å². The molecule has 5 aromatic rings. The molecule has 6 rings (SSSR count). The average Bonchev–Trinajstić information content (AvgIpc) is 3.40. The minimum absolute atomic E-state index is 0.0825. The third-order valence-electron chi connectivity index (χ3n) is 6.40. The molecule has 0 radical (unpaired) electrons. The number of pyridine rings is 1. The summed E-state index contributed by atoms with van der Waals surface area (Å²) in [4.78, 5) is 35.9. The fourth-order valence-corrected chi connectivity index (χ4v) is 4.92. The Hall–Kier alpha value is -4.71. The maximum Gasteiger partial charge on any atom is 0.255 e. The monoisotopic (exact) mass is 458 g/mol. The topological polar surface area (TPSA) is 78.1 Å². The molecule has 1 aliphatic heterocycles. The van der Waals surface area contributed by atoms with Crippen LogP contribution in [0.15, 0.2) is 103 Å². The van der Waals surface area contributed by atoms with Gasteiger partial charge in [-0.3, -0.25) is 14.6 Å². The summed E-state index contributed by atoms with van der Waals surface area (Å²) in [6, 6.07) is 28.9. The highest BCUT2D eigenvalue weighted by Gasteiger charge is 2.40. The van der Waals surface area contributed by atoms with Gasteiger partial charge in [0.1, 0.15) is 6.54 Å². The predicted molar refractivity (Wildman–Crippen MR) is 136 cm³/mol. The van der Waals surface area contributed by atoms with Crippen LogP contribution in [0.25, 0.3) is 22.2 Å². The fourth-order valence-electron chi connectivity index (χ4n) is 4.92. The van der Waals surface area contributed by atoms with Gasteiger partial charge in [-0.1, -0.05) is 66.7 Å². The number of aromatic amines is 1. The summed E-state index contributed by atoms with van der Waals surface area (Å²) in [5.74, 6) is -0.429. The zero-order chi connectivity index (χ0) is 23.8. The molecule has 6 heteroatoms. The number of aromatic nitrogens is 2. The Kier molecular flexibility index (Phi) is 5.11. The van der Waals surface area contributed by atoms with Crippen LogP contribution in [0, 0.1) is 0 Å². The van der Waals surface area contributed by atoms with Gasteiger partial charge in [0.15, 0.2) is 0 Å². The number of anilines is 1. The summed E-state index contributed by atoms with van der Waals surface area (Å²) >= 11 is 0. The largest absolute Gasteiger partial charge is 0.354 e. The highest BCUT2D eigenvalue weighted by Crippen LogP contribution is 2.45. The number of H-pyrrole nitrogens is 1. The molecule has 2 aromatic heterocycles. The minimum atomic E-state index is -0.412. The lowest BCUT2D eigenvalue weighted by molar-refractivity contribution is -0.117. The summed E-state index contributed by atoms with van der Waals surface area (Å²) in [6.45, 7) is -0.0825. The van der Waals surface area contributed by atoms with Crippen LogP contribution in [0.5, 0.6) is 0 Å². The number of para-hydroxylation sites is 1. The van der Waals surface area contributed by atoms with Gasteiger partial charge in [-0.25, -0.2) is 0 Å². The Morgan fingerprint density at radius 2 is 1.69 bits per heavy atom. The summed E-state index contributed by atoms with van der Waals surface area (Å²) in [6.07, 6.45) is 3.23. The summed E-state index contributed by atoms with van der Waals surface area (Å²) in [5.41, 5.74) is 6.05. The van der Waals surface area contributed by atoms with E-state index in [0.717, 1.165) is 33.3 Å². The first-order valence-corrected chi connectivity index (χ1v) is 11.5. The van der Waals surface area contributed by atoms with Gasteiger partial charge >= 0.3 is 0 Å². The number of hydrogen-bond donors (Lipinski definition) is 2. The molecule has 1 atom stereocenters. The van der Waals surface area contributed by atoms with Gasteiger partial charge in [0, 0.05) is 28.2 Å². The van der Waals surface area contributed by atoms with Crippen LogP contribution in [0.3, 0.4) is 0 Å². The van der Waals surface area contributed by atoms with Crippen LogP contribution in [0.4, 0.5) is 5.69 Å². The summed E-state index contributed by atoms with van der Waals surface area (Å²) in [5, 5.41) is 3.89. The molecular weight excluding hydrogens is 436 g/mol. The second kappa shape index (κ2) is 8.57. The van der Waals surface area contributed by atoms with Gasteiger partial charge in [-0.2, -0.15) is 0 Å². The standard InChI is InChI=1S/C29H22N4O2/c34-25(31-20-11-8-16-30-17-20)18-33-28(21-12-4-5-13-22(21)29(33)35)26-23-14-6-7-15-24(23)32-27(26)19-9-2-1-3-10-19/h1-17,28,32H,18H2,(H,31,34)/t28-/m1/s1. The second-order valence-corrected chi connectivity index (χ2v) is 8.54. The van der Waals surface area contributed by atoms with E-state index in [1.54, 1.807) is 29.4 Å². The lowest BCUT2D eigenvalue weighted by Gasteiger charge is -2.26. The van der Waals surface area contributed by atoms with Crippen LogP contribution in [-0.4, -0.2) is 33.2 Å². The number of rotatable bonds is 5. The third kappa shape index (κ3) is 3.65. The molecular formula is C29H22N4O2. The van der Waals surface area contributed by atoms with Crippen LogP contribution < -0.4 is 5.32 Å². The molecule has 0 unspecified atom stereocenters. The van der Waals surface area contributed by atoms with Gasteiger partial charge in [0.2, 0.25) is 5.91 Å². The minimum Gasteiger partial charge on any atom is -0.354 e. The highest BCUT2D eigenvalue weighted by atomic mass is 16.2. The first-order valence-electron chi connectivity index (χ1n) is 11.5. The second-order valence-electron chi connectivity index (χ2n) is 8.54. The van der Waals surface area contributed by atoms with Crippen LogP contribution >= 0.6 is 0 Å². The molecule has 35 heavy (non-hydrogen) atoms. The molecule has 0 bridgehead atoms. The molecule has 1 aliphatic rings. The Morgan fingerprint density at radius 3 is 2.51 bits per heavy atom. The van der Waals surface area contributed by atoms with Gasteiger partial charge in [0.05, 0.1) is 23.6 Å². The van der Waals surface area contributed by atoms with Crippen LogP contribution in [0.2, 0.25) is 0 Å². The number of nitrogens with one attached hydrogen (secondary N) is 2. The molecule has 170 valence electrons. The maximum atomic E-state index is 13.6. The van der Waals surface area contributed by atoms with Gasteiger partial charge < -0.3 is 15.2 Å². The van der Waals surface area contributed by atoms with Crippen molar-refractivity contribution in [1.82, 2.24) is 14.9 Å². The van der Waals surface area contributed by atoms with Gasteiger partial charge in [-0.05, 0) is 35.4 Å². The molecule has 0 saturated carbocycles. The Labute approximate surface area is 202 Å². The van der Waals surface area contributed by atoms with E-state index in [4.69, 9.17) is 0 Å². The van der Waals surface area contributed by atoms with E-state index in [1.165, 1.54) is 0 Å². The SMILES string of the molecule is O=C(CN1C(=O)c2ccccc2[C@@H]1c1c(-c2ccccc2)[nH]c2ccccc12)Nc1cccnc1. The maximum absolute atomic E-state index is 13.6. The Bertz CT molecular complexity index is 1540. The third-order valence-corrected chi connectivity index (χ3v) is 6.40. The summed E-state index contributed by atoms with van der Waals surface area (Å²) < 4.78 is 0. The Balaban J connectivity index is 1.49. The van der Waals surface area contributed by atoms with Crippen molar-refractivity contribution in [2.45, 2.75) is 6.04 Å². The van der Waals surface area contributed by atoms with Crippen LogP contribution in [-0.2, 0) is 4.79 Å². The zero-order valence-electron chi connectivity index (χ0n) is 18.8. The molecule has 6 nitrogen and oxygen atoms in total. The van der Waals surface area contributed by atoms with E-state index in [1.807, 2.05) is 60.7 Å². The average molecular weight is 459 g/mol. The Morgan fingerprint density at radius 1 is 0.914 bits per heavy atom. The number of carbonyl (C=O) groups is 2. The smallest absolute Gasteiger partial charge is 0.255 e. The molecule has 0 spiro atoms. The van der Waals surface area contributed by atoms with Gasteiger partial charge in [-0.15, -0.1) is 0 Å². The molecule has 2 amide bonds. The van der Waals surface area contributed by atoms with Crippen molar-refractivity contribution >= 4 is 28.4 Å². The van der Waals surface area contributed by atoms with E-state index in [0.29, 0.717) is 11.3 Å². The van der Waals surface area contributed by atoms with Crippen molar-refractivity contribution in [3.05, 3.63) is 120 Å². The molecule has 3 heterocycles. The van der Waals surface area contributed by atoms with Crippen molar-refractivity contribution < 1.29 is 9.59 Å². The molecule has 2 N–H and O–H groups in total. The van der Waals surface area contributed by atoms with Gasteiger partial charge in [0.25, 0.3) is 5.91 Å². The van der Waals surface area contributed by atoms with Crippen molar-refractivity contribution in [1.29, 1.82) is 0 Å². The highest BCUT2D eigenvalue weighted by molar-refractivity contribution is 6.05. The summed E-state index contributed by atoms with van der Waals surface area (Å²) in [7, 11) is 0. The normalized spacial score (nSPS) is 14.8. The van der Waals surface area contributed by atoms with Crippen molar-refractivity contribution in [3.63, 3.8) is 0 Å². The first-order chi connectivity index (χ1) is 17.2. The molecule has 0 fully saturated rings. The van der Waals surface area contributed by atoms with Crippen LogP contribution in [0.1, 0.15) is 27.5 Å². The number of benzene rings is 3. The molecule has 3 aromatic carbocycles. The van der Waals surface area contributed by atoms with Crippen molar-refractivity contribution in [2.75, 3.05) is 11.9 Å². The van der Waals surface area contributed by atoms with E-state index >= 15 is 0 Å². The predicted octanol–water partition coefficient (Wildman–Crippen LogP) is 5.41. The van der Waals surface area contributed by atoms with E-state index in [2.05, 4.69) is 33.5 Å². The number of carbonyl (C=O) groups excluding carboxylic acids is 2.